The number of amides is 2. The Morgan fingerprint density at radius 3 is 2.76 bits per heavy atom. The molecule has 0 aliphatic rings. The van der Waals surface area contributed by atoms with Crippen LogP contribution in [0.2, 0.25) is 0 Å². The molecule has 0 aliphatic carbocycles. The van der Waals surface area contributed by atoms with Crippen LogP contribution < -0.4 is 10.6 Å². The van der Waals surface area contributed by atoms with E-state index in [1.54, 1.807) is 13.1 Å². The summed E-state index contributed by atoms with van der Waals surface area (Å²) in [6, 6.07) is -0.347. The molecule has 0 fully saturated rings. The quantitative estimate of drug-likeness (QED) is 0.772. The minimum absolute atomic E-state index is 0.0740. The molecular weight excluding hydrogens is 238 g/mol. The third-order valence-electron chi connectivity index (χ3n) is 2.69. The molecule has 17 heavy (non-hydrogen) atoms. The second kappa shape index (κ2) is 5.46. The average molecular weight is 257 g/mol. The van der Waals surface area contributed by atoms with E-state index in [9.17, 15) is 9.90 Å². The zero-order valence-corrected chi connectivity index (χ0v) is 11.4. The van der Waals surface area contributed by atoms with E-state index in [1.165, 1.54) is 11.3 Å². The van der Waals surface area contributed by atoms with Crippen LogP contribution in [-0.2, 0) is 0 Å². The van der Waals surface area contributed by atoms with E-state index in [0.29, 0.717) is 5.13 Å². The molecule has 0 aromatic carbocycles. The van der Waals surface area contributed by atoms with Crippen LogP contribution >= 0.6 is 11.3 Å². The third kappa shape index (κ3) is 4.32. The zero-order valence-electron chi connectivity index (χ0n) is 10.6. The number of carbonyl (C=O) groups excluding carboxylic acids is 1. The molecular formula is C11H19N3O2S. The van der Waals surface area contributed by atoms with Crippen LogP contribution in [0.1, 0.15) is 25.6 Å². The summed E-state index contributed by atoms with van der Waals surface area (Å²) in [5.74, 6) is 0.0740. The van der Waals surface area contributed by atoms with Gasteiger partial charge in [0.05, 0.1) is 5.60 Å². The van der Waals surface area contributed by atoms with Crippen molar-refractivity contribution in [1.29, 1.82) is 0 Å². The Bertz CT molecular complexity index is 388. The van der Waals surface area contributed by atoms with E-state index < -0.39 is 5.60 Å². The first-order valence-corrected chi connectivity index (χ1v) is 6.32. The fourth-order valence-electron chi connectivity index (χ4n) is 1.02. The molecule has 0 radical (unpaired) electrons. The van der Waals surface area contributed by atoms with Gasteiger partial charge in [0.25, 0.3) is 0 Å². The lowest BCUT2D eigenvalue weighted by molar-refractivity contribution is 0.0170. The zero-order chi connectivity index (χ0) is 13.1. The van der Waals surface area contributed by atoms with Gasteiger partial charge in [0.1, 0.15) is 0 Å². The topological polar surface area (TPSA) is 74.2 Å². The van der Waals surface area contributed by atoms with Crippen molar-refractivity contribution >= 4 is 22.5 Å². The van der Waals surface area contributed by atoms with E-state index in [1.807, 2.05) is 20.8 Å². The van der Waals surface area contributed by atoms with Gasteiger partial charge < -0.3 is 10.4 Å². The minimum Gasteiger partial charge on any atom is -0.388 e. The summed E-state index contributed by atoms with van der Waals surface area (Å²) in [6.45, 7) is 7.64. The maximum Gasteiger partial charge on any atom is 0.321 e. The Hall–Kier alpha value is -1.14. The van der Waals surface area contributed by atoms with Crippen molar-refractivity contribution < 1.29 is 9.90 Å². The van der Waals surface area contributed by atoms with Crippen LogP contribution in [0.5, 0.6) is 0 Å². The summed E-state index contributed by atoms with van der Waals surface area (Å²) >= 11 is 1.41. The molecule has 0 bridgehead atoms. The Morgan fingerprint density at radius 2 is 2.29 bits per heavy atom. The number of urea groups is 1. The molecule has 3 N–H and O–H groups in total. The number of thiazole rings is 1. The highest BCUT2D eigenvalue weighted by Gasteiger charge is 2.25. The van der Waals surface area contributed by atoms with E-state index in [-0.39, 0.29) is 18.5 Å². The van der Waals surface area contributed by atoms with Gasteiger partial charge in [-0.3, -0.25) is 5.32 Å². The average Bonchev–Trinajstić information content (AvgIpc) is 2.61. The third-order valence-corrected chi connectivity index (χ3v) is 3.52. The van der Waals surface area contributed by atoms with Crippen LogP contribution in [0.15, 0.2) is 6.20 Å². The van der Waals surface area contributed by atoms with E-state index >= 15 is 0 Å². The summed E-state index contributed by atoms with van der Waals surface area (Å²) in [7, 11) is 0. The Morgan fingerprint density at radius 1 is 1.65 bits per heavy atom. The lowest BCUT2D eigenvalue weighted by Crippen LogP contribution is -2.45. The van der Waals surface area contributed by atoms with Gasteiger partial charge in [-0.05, 0) is 19.8 Å². The van der Waals surface area contributed by atoms with Crippen molar-refractivity contribution in [2.75, 3.05) is 11.9 Å². The highest BCUT2D eigenvalue weighted by Crippen LogP contribution is 2.17. The molecule has 1 heterocycles. The lowest BCUT2D eigenvalue weighted by Gasteiger charge is -2.27. The minimum atomic E-state index is -0.907. The Balaban J connectivity index is 2.41. The van der Waals surface area contributed by atoms with E-state index in [4.69, 9.17) is 0 Å². The van der Waals surface area contributed by atoms with Crippen LogP contribution in [0.4, 0.5) is 9.93 Å². The molecule has 2 amide bonds. The van der Waals surface area contributed by atoms with E-state index in [0.717, 1.165) is 4.88 Å². The molecule has 1 atom stereocenters. The molecule has 6 heteroatoms. The van der Waals surface area contributed by atoms with Gasteiger partial charge in [-0.1, -0.05) is 13.8 Å². The van der Waals surface area contributed by atoms with Gasteiger partial charge in [0.15, 0.2) is 5.13 Å². The summed E-state index contributed by atoms with van der Waals surface area (Å²) in [5.41, 5.74) is -0.907. The number of anilines is 1. The summed E-state index contributed by atoms with van der Waals surface area (Å²) in [6.07, 6.45) is 1.70. The Labute approximate surface area is 105 Å². The van der Waals surface area contributed by atoms with Crippen molar-refractivity contribution in [3.63, 3.8) is 0 Å². The maximum atomic E-state index is 11.5. The number of aryl methyl sites for hydroxylation is 1. The first kappa shape index (κ1) is 13.9. The number of aliphatic hydroxyl groups is 1. The van der Waals surface area contributed by atoms with Gasteiger partial charge in [-0.15, -0.1) is 11.3 Å². The van der Waals surface area contributed by atoms with Gasteiger partial charge in [0, 0.05) is 17.6 Å². The predicted molar refractivity (Wildman–Crippen MR) is 69.3 cm³/mol. The van der Waals surface area contributed by atoms with Crippen molar-refractivity contribution in [2.24, 2.45) is 5.92 Å². The van der Waals surface area contributed by atoms with Gasteiger partial charge in [0.2, 0.25) is 0 Å². The number of nitrogens with one attached hydrogen (secondary N) is 2. The molecule has 1 unspecified atom stereocenters. The number of hydrogen-bond acceptors (Lipinski definition) is 4. The van der Waals surface area contributed by atoms with E-state index in [2.05, 4.69) is 15.6 Å². The monoisotopic (exact) mass is 257 g/mol. The van der Waals surface area contributed by atoms with Gasteiger partial charge >= 0.3 is 6.03 Å². The number of rotatable bonds is 4. The Kier molecular flexibility index (Phi) is 4.47. The van der Waals surface area contributed by atoms with Crippen molar-refractivity contribution in [3.05, 3.63) is 11.1 Å². The standard InChI is InChI=1S/C11H19N3O2S/c1-7(2)11(4,16)6-13-9(15)14-10-12-5-8(3)17-10/h5,7,16H,6H2,1-4H3,(H2,12,13,14,15). The number of nitrogens with zero attached hydrogens (tertiary/aromatic N) is 1. The second-order valence-electron chi connectivity index (χ2n) is 4.60. The largest absolute Gasteiger partial charge is 0.388 e. The van der Waals surface area contributed by atoms with Gasteiger partial charge in [-0.2, -0.15) is 0 Å². The van der Waals surface area contributed by atoms with Crippen LogP contribution in [0.3, 0.4) is 0 Å². The number of aromatic nitrogens is 1. The first-order valence-electron chi connectivity index (χ1n) is 5.51. The smallest absolute Gasteiger partial charge is 0.321 e. The summed E-state index contributed by atoms with van der Waals surface area (Å²) in [5, 5.41) is 15.8. The fourth-order valence-corrected chi connectivity index (χ4v) is 1.68. The second-order valence-corrected chi connectivity index (χ2v) is 5.83. The number of hydrogen-bond donors (Lipinski definition) is 3. The lowest BCUT2D eigenvalue weighted by atomic mass is 9.93. The molecule has 0 spiro atoms. The fraction of sp³-hybridized carbons (Fsp3) is 0.636. The first-order chi connectivity index (χ1) is 7.81. The van der Waals surface area contributed by atoms with Crippen molar-refractivity contribution in [3.8, 4) is 0 Å². The van der Waals surface area contributed by atoms with Crippen molar-refractivity contribution in [1.82, 2.24) is 10.3 Å². The maximum absolute atomic E-state index is 11.5. The van der Waals surface area contributed by atoms with Crippen LogP contribution in [-0.4, -0.2) is 28.3 Å². The molecule has 0 saturated carbocycles. The normalized spacial score (nSPS) is 14.5. The SMILES string of the molecule is Cc1cnc(NC(=O)NCC(C)(O)C(C)C)s1. The summed E-state index contributed by atoms with van der Waals surface area (Å²) < 4.78 is 0. The highest BCUT2D eigenvalue weighted by atomic mass is 32.1. The number of carbonyl (C=O) groups is 1. The molecule has 1 aromatic rings. The predicted octanol–water partition coefficient (Wildman–Crippen LogP) is 1.98. The van der Waals surface area contributed by atoms with Crippen molar-refractivity contribution in [2.45, 2.75) is 33.3 Å². The molecule has 96 valence electrons. The van der Waals surface area contributed by atoms with Crippen LogP contribution in [0.25, 0.3) is 0 Å². The molecule has 0 aliphatic heterocycles. The van der Waals surface area contributed by atoms with Gasteiger partial charge in [-0.25, -0.2) is 9.78 Å². The van der Waals surface area contributed by atoms with Crippen LogP contribution in [0, 0.1) is 12.8 Å². The highest BCUT2D eigenvalue weighted by molar-refractivity contribution is 7.15. The molecule has 1 rings (SSSR count). The molecule has 0 saturated heterocycles. The molecule has 5 nitrogen and oxygen atoms in total. The summed E-state index contributed by atoms with van der Waals surface area (Å²) in [4.78, 5) is 16.6. The molecule has 1 aromatic heterocycles.